The average molecular weight is 604 g/mol. The van der Waals surface area contributed by atoms with Crippen molar-refractivity contribution in [1.82, 2.24) is 25.3 Å². The molecule has 10 nitrogen and oxygen atoms in total. The number of alkyl halides is 3. The third-order valence-corrected chi connectivity index (χ3v) is 8.18. The first-order valence-electron chi connectivity index (χ1n) is 13.8. The number of halogens is 4. The van der Waals surface area contributed by atoms with Gasteiger partial charge in [-0.1, -0.05) is 24.3 Å². The first-order chi connectivity index (χ1) is 20.5. The minimum Gasteiger partial charge on any atom is -0.475 e. The molecule has 2 amide bonds. The molecule has 0 radical (unpaired) electrons. The fourth-order valence-electron chi connectivity index (χ4n) is 5.88. The summed E-state index contributed by atoms with van der Waals surface area (Å²) in [4.78, 5) is 50.6. The van der Waals surface area contributed by atoms with Crippen LogP contribution in [0.4, 0.5) is 17.6 Å². The molecule has 3 N–H and O–H groups in total. The molecule has 6 rings (SSSR count). The fourth-order valence-corrected chi connectivity index (χ4v) is 5.88. The standard InChI is InChI=1S/C27H28FN5O3.C2HF3O2/c28-22-6-5-16(14-23-17-3-1-2-4-19(17)25(34)31-30-23)13-20(22)26(35)32-9-11-33(12-10-32)27(36)24-18-7-8-29-15-21(18)24;3-2(4,5)1(6)7/h1-6,13,18,21,24,29H,7-12,14-15H2,(H,31,34);(H,6,7)/t18-,21+,24+;/m0./s1. The third kappa shape index (κ3) is 6.53. The number of amides is 2. The van der Waals surface area contributed by atoms with E-state index in [4.69, 9.17) is 9.90 Å². The molecule has 3 heterocycles. The molecule has 0 unspecified atom stereocenters. The van der Waals surface area contributed by atoms with Gasteiger partial charge in [0.1, 0.15) is 5.82 Å². The number of H-pyrrole nitrogens is 1. The number of carboxylic acids is 1. The highest BCUT2D eigenvalue weighted by Gasteiger charge is 2.56. The van der Waals surface area contributed by atoms with Crippen LogP contribution in [-0.2, 0) is 16.0 Å². The Balaban J connectivity index is 0.000000472. The van der Waals surface area contributed by atoms with Crippen LogP contribution in [0.5, 0.6) is 0 Å². The molecule has 3 fully saturated rings. The zero-order valence-electron chi connectivity index (χ0n) is 22.9. The maximum Gasteiger partial charge on any atom is 0.490 e. The molecule has 0 spiro atoms. The monoisotopic (exact) mass is 603 g/mol. The summed E-state index contributed by atoms with van der Waals surface area (Å²) in [5.41, 5.74) is 1.13. The molecule has 14 heteroatoms. The number of benzene rings is 2. The fraction of sp³-hybridized carbons (Fsp3) is 0.414. The lowest BCUT2D eigenvalue weighted by atomic mass is 10.0. The van der Waals surface area contributed by atoms with Gasteiger partial charge < -0.3 is 20.2 Å². The molecule has 0 bridgehead atoms. The van der Waals surface area contributed by atoms with E-state index < -0.39 is 18.0 Å². The smallest absolute Gasteiger partial charge is 0.475 e. The number of piperidine rings is 1. The normalized spacial score (nSPS) is 21.4. The second-order valence-corrected chi connectivity index (χ2v) is 10.8. The van der Waals surface area contributed by atoms with Gasteiger partial charge in [-0.25, -0.2) is 14.3 Å². The maximum atomic E-state index is 14.7. The van der Waals surface area contributed by atoms with Gasteiger partial charge >= 0.3 is 12.1 Å². The van der Waals surface area contributed by atoms with Crippen molar-refractivity contribution in [3.05, 3.63) is 75.5 Å². The van der Waals surface area contributed by atoms with E-state index in [-0.39, 0.29) is 28.9 Å². The lowest BCUT2D eigenvalue weighted by molar-refractivity contribution is -0.192. The van der Waals surface area contributed by atoms with E-state index in [1.165, 1.54) is 6.07 Å². The molecule has 2 aliphatic heterocycles. The van der Waals surface area contributed by atoms with Crippen LogP contribution in [0, 0.1) is 23.6 Å². The van der Waals surface area contributed by atoms with E-state index in [1.54, 1.807) is 29.2 Å². The van der Waals surface area contributed by atoms with E-state index in [1.807, 2.05) is 17.0 Å². The Bertz CT molecular complexity index is 1590. The summed E-state index contributed by atoms with van der Waals surface area (Å²) in [5.74, 6) is -2.42. The van der Waals surface area contributed by atoms with E-state index >= 15 is 0 Å². The van der Waals surface area contributed by atoms with Crippen LogP contribution in [0.1, 0.15) is 28.0 Å². The van der Waals surface area contributed by atoms with Crippen LogP contribution in [0.3, 0.4) is 0 Å². The van der Waals surface area contributed by atoms with Crippen LogP contribution >= 0.6 is 0 Å². The lowest BCUT2D eigenvalue weighted by Gasteiger charge is -2.35. The van der Waals surface area contributed by atoms with E-state index in [0.717, 1.165) is 30.5 Å². The van der Waals surface area contributed by atoms with Crippen LogP contribution in [0.15, 0.2) is 47.3 Å². The molecule has 3 atom stereocenters. The molecule has 1 aromatic heterocycles. The van der Waals surface area contributed by atoms with Crippen LogP contribution in [0.25, 0.3) is 10.8 Å². The highest BCUT2D eigenvalue weighted by Crippen LogP contribution is 2.50. The number of hydrogen-bond acceptors (Lipinski definition) is 6. The Labute approximate surface area is 242 Å². The highest BCUT2D eigenvalue weighted by atomic mass is 19.4. The minimum atomic E-state index is -5.08. The Morgan fingerprint density at radius 1 is 0.977 bits per heavy atom. The SMILES string of the molecule is O=C(O)C(F)(F)F.O=C(c1cc(Cc2n[nH]c(=O)c3ccccc23)ccc1F)N1CCN(C(=O)[C@H]2[C@@H]3CNCC[C@@H]32)CC1. The summed E-state index contributed by atoms with van der Waals surface area (Å²) in [6.45, 7) is 3.62. The molecule has 1 aliphatic carbocycles. The largest absolute Gasteiger partial charge is 0.490 e. The van der Waals surface area contributed by atoms with Crippen LogP contribution in [0.2, 0.25) is 0 Å². The summed E-state index contributed by atoms with van der Waals surface area (Å²) < 4.78 is 46.5. The summed E-state index contributed by atoms with van der Waals surface area (Å²) in [6.07, 6.45) is -3.68. The summed E-state index contributed by atoms with van der Waals surface area (Å²) in [5, 5.41) is 18.5. The second-order valence-electron chi connectivity index (χ2n) is 10.8. The summed E-state index contributed by atoms with van der Waals surface area (Å²) in [6, 6.07) is 11.7. The Kier molecular flexibility index (Phi) is 8.49. The molecule has 43 heavy (non-hydrogen) atoms. The van der Waals surface area contributed by atoms with Gasteiger partial charge in [0, 0.05) is 43.9 Å². The zero-order valence-corrected chi connectivity index (χ0v) is 22.9. The molecule has 3 aromatic rings. The van der Waals surface area contributed by atoms with Gasteiger partial charge in [0.05, 0.1) is 16.6 Å². The van der Waals surface area contributed by atoms with Crippen molar-refractivity contribution in [2.75, 3.05) is 39.3 Å². The molecular weight excluding hydrogens is 574 g/mol. The minimum absolute atomic E-state index is 0.0142. The van der Waals surface area contributed by atoms with Crippen molar-refractivity contribution < 1.29 is 37.1 Å². The number of aromatic amines is 1. The van der Waals surface area contributed by atoms with Crippen LogP contribution in [-0.4, -0.2) is 88.3 Å². The van der Waals surface area contributed by atoms with Gasteiger partial charge in [-0.3, -0.25) is 14.4 Å². The number of nitrogens with one attached hydrogen (secondary N) is 2. The number of carbonyl (C=O) groups excluding carboxylic acids is 2. The van der Waals surface area contributed by atoms with Gasteiger partial charge in [0.25, 0.3) is 11.5 Å². The van der Waals surface area contributed by atoms with Crippen molar-refractivity contribution in [3.63, 3.8) is 0 Å². The quantitative estimate of drug-likeness (QED) is 0.390. The Morgan fingerprint density at radius 2 is 1.63 bits per heavy atom. The first-order valence-corrected chi connectivity index (χ1v) is 13.8. The number of piperazine rings is 1. The average Bonchev–Trinajstić information content (AvgIpc) is 3.73. The Hall–Kier alpha value is -4.33. The molecule has 3 aliphatic rings. The summed E-state index contributed by atoms with van der Waals surface area (Å²) in [7, 11) is 0. The van der Waals surface area contributed by atoms with Gasteiger partial charge in [-0.2, -0.15) is 18.3 Å². The number of aromatic nitrogens is 2. The van der Waals surface area contributed by atoms with Gasteiger partial charge in [0.2, 0.25) is 5.91 Å². The zero-order chi connectivity index (χ0) is 30.9. The highest BCUT2D eigenvalue weighted by molar-refractivity contribution is 5.95. The van der Waals surface area contributed by atoms with Gasteiger partial charge in [-0.05, 0) is 55.1 Å². The van der Waals surface area contributed by atoms with Gasteiger partial charge in [-0.15, -0.1) is 0 Å². The van der Waals surface area contributed by atoms with Gasteiger partial charge in [0.15, 0.2) is 0 Å². The number of nitrogens with zero attached hydrogens (tertiary/aromatic N) is 3. The number of carboxylic acid groups (broad SMARTS) is 1. The van der Waals surface area contributed by atoms with E-state index in [9.17, 15) is 31.9 Å². The van der Waals surface area contributed by atoms with Crippen molar-refractivity contribution in [2.24, 2.45) is 17.8 Å². The van der Waals surface area contributed by atoms with E-state index in [0.29, 0.717) is 55.5 Å². The first kappa shape index (κ1) is 30.1. The van der Waals surface area contributed by atoms with Crippen LogP contribution < -0.4 is 10.9 Å². The number of fused-ring (bicyclic) bond motifs is 2. The molecule has 2 saturated heterocycles. The lowest BCUT2D eigenvalue weighted by Crippen LogP contribution is -2.51. The predicted octanol–water partition coefficient (Wildman–Crippen LogP) is 2.43. The van der Waals surface area contributed by atoms with Crippen molar-refractivity contribution >= 4 is 28.6 Å². The Morgan fingerprint density at radius 3 is 2.26 bits per heavy atom. The molecular formula is C29H29F4N5O5. The number of aliphatic carboxylic acids is 1. The van der Waals surface area contributed by atoms with E-state index in [2.05, 4.69) is 15.5 Å². The third-order valence-electron chi connectivity index (χ3n) is 8.18. The number of carbonyl (C=O) groups is 3. The molecule has 1 saturated carbocycles. The molecule has 228 valence electrons. The maximum absolute atomic E-state index is 14.7. The number of rotatable bonds is 4. The van der Waals surface area contributed by atoms with Crippen molar-refractivity contribution in [3.8, 4) is 0 Å². The molecule has 2 aromatic carbocycles. The van der Waals surface area contributed by atoms with Crippen molar-refractivity contribution in [1.29, 1.82) is 0 Å². The number of hydrogen-bond donors (Lipinski definition) is 3. The topological polar surface area (TPSA) is 136 Å². The second kappa shape index (κ2) is 12.1. The van der Waals surface area contributed by atoms with Crippen molar-refractivity contribution in [2.45, 2.75) is 19.0 Å². The summed E-state index contributed by atoms with van der Waals surface area (Å²) >= 11 is 0. The predicted molar refractivity (Wildman–Crippen MR) is 146 cm³/mol.